The van der Waals surface area contributed by atoms with Gasteiger partial charge in [0.2, 0.25) is 0 Å². The molecule has 5 heavy (non-hydrogen) atoms. The number of halogens is 1. The molecule has 0 spiro atoms. The Morgan fingerprint density at radius 2 is 2.20 bits per heavy atom. The van der Waals surface area contributed by atoms with Gasteiger partial charge in [0.1, 0.15) is 0 Å². The van der Waals surface area contributed by atoms with Crippen molar-refractivity contribution in [1.82, 2.24) is 0 Å². The maximum Gasteiger partial charge on any atom is 1.00 e. The van der Waals surface area contributed by atoms with Crippen LogP contribution in [0, 0.1) is 0 Å². The van der Waals surface area contributed by atoms with E-state index < -0.39 is 0 Å². The molecule has 0 aliphatic heterocycles. The van der Waals surface area contributed by atoms with Gasteiger partial charge < -0.3 is 5.25 Å². The molecule has 0 aromatic carbocycles. The molecule has 0 aromatic rings. The first-order valence-corrected chi connectivity index (χ1v) is 1.27. The van der Waals surface area contributed by atoms with E-state index in [4.69, 9.17) is 4.79 Å². The molecule has 0 amide bonds. The molecule has 0 fully saturated rings. The second kappa shape index (κ2) is 8.87. The molecule has 0 atom stereocenters. The van der Waals surface area contributed by atoms with Crippen molar-refractivity contribution in [3.8, 4) is 0 Å². The average Bonchev–Trinajstić information content (AvgIpc) is 1.37. The molecule has 0 bridgehead atoms. The minimum absolute atomic E-state index is 0. The van der Waals surface area contributed by atoms with Gasteiger partial charge in [0, 0.05) is 0 Å². The van der Waals surface area contributed by atoms with Gasteiger partial charge in [-0.2, -0.15) is 0 Å². The number of hydrogen-bond acceptors (Lipinski definition) is 2. The Labute approximate surface area is 62.1 Å². The molecule has 0 unspecified atom stereocenters. The summed E-state index contributed by atoms with van der Waals surface area (Å²) in [5, 5.41) is 0. The van der Waals surface area contributed by atoms with E-state index in [1.54, 1.807) is 0 Å². The molecular formula is CH2BrNaO2. The molecule has 0 radical (unpaired) electrons. The number of carbonyl (C=O) groups is 1. The van der Waals surface area contributed by atoms with E-state index >= 15 is 0 Å². The third-order valence-electron chi connectivity index (χ3n) is 0.0364. The van der Waals surface area contributed by atoms with Gasteiger partial charge >= 0.3 is 36.0 Å². The summed E-state index contributed by atoms with van der Waals surface area (Å²) in [7, 11) is 0. The molecule has 0 aliphatic rings. The van der Waals surface area contributed by atoms with E-state index in [2.05, 4.69) is 20.1 Å². The summed E-state index contributed by atoms with van der Waals surface area (Å²) >= 11 is 2.38. The topological polar surface area (TPSA) is 26.3 Å². The van der Waals surface area contributed by atoms with Crippen LogP contribution in [0.4, 0.5) is 0 Å². The van der Waals surface area contributed by atoms with Gasteiger partial charge in [-0.1, -0.05) is 0 Å². The summed E-state index contributed by atoms with van der Waals surface area (Å²) in [6.45, 7) is 0.292. The standard InChI is InChI=1S/CHBrO2.Na.H/c2-4-1-3;;/h1H;;/q;+1;-1. The molecule has 26 valence electrons. The minimum atomic E-state index is 0. The third kappa shape index (κ3) is 11.3. The Morgan fingerprint density at radius 1 is 2.00 bits per heavy atom. The summed E-state index contributed by atoms with van der Waals surface area (Å²) in [6.07, 6.45) is 0. The zero-order valence-corrected chi connectivity index (χ0v) is 6.36. The summed E-state index contributed by atoms with van der Waals surface area (Å²) in [4.78, 5) is 8.90. The van der Waals surface area contributed by atoms with Gasteiger partial charge in [0.15, 0.2) is 16.3 Å². The van der Waals surface area contributed by atoms with Crippen molar-refractivity contribution in [2.45, 2.75) is 0 Å². The largest absolute Gasteiger partial charge is 1.00 e. The van der Waals surface area contributed by atoms with E-state index in [9.17, 15) is 0 Å². The van der Waals surface area contributed by atoms with Crippen LogP contribution in [0.25, 0.3) is 0 Å². The Kier molecular flexibility index (Phi) is 16.6. The van der Waals surface area contributed by atoms with Crippen LogP contribution >= 0.6 is 16.3 Å². The van der Waals surface area contributed by atoms with Crippen molar-refractivity contribution in [3.63, 3.8) is 0 Å². The van der Waals surface area contributed by atoms with E-state index in [1.807, 2.05) is 0 Å². The first-order valence-electron chi connectivity index (χ1n) is 0.626. The molecule has 0 heterocycles. The monoisotopic (exact) mass is 148 g/mol. The molecule has 0 saturated carbocycles. The van der Waals surface area contributed by atoms with Crippen molar-refractivity contribution in [1.29, 1.82) is 0 Å². The maximum absolute atomic E-state index is 8.90. The normalized spacial score (nSPS) is 4.20. The van der Waals surface area contributed by atoms with E-state index in [-0.39, 0.29) is 31.0 Å². The Balaban J connectivity index is -0.0000000450. The van der Waals surface area contributed by atoms with Gasteiger partial charge in [-0.05, 0) is 0 Å². The fourth-order valence-electron chi connectivity index (χ4n) is 0. The van der Waals surface area contributed by atoms with Gasteiger partial charge in [-0.3, -0.25) is 4.79 Å². The van der Waals surface area contributed by atoms with Crippen molar-refractivity contribution >= 4 is 22.7 Å². The van der Waals surface area contributed by atoms with E-state index in [0.29, 0.717) is 6.47 Å². The van der Waals surface area contributed by atoms with Crippen LogP contribution in [0.1, 0.15) is 1.43 Å². The summed E-state index contributed by atoms with van der Waals surface area (Å²) in [5.41, 5.74) is 0. The van der Waals surface area contributed by atoms with Gasteiger partial charge in [-0.15, -0.1) is 0 Å². The van der Waals surface area contributed by atoms with E-state index in [0.717, 1.165) is 0 Å². The summed E-state index contributed by atoms with van der Waals surface area (Å²) < 4.78 is 3.67. The molecule has 0 aromatic heterocycles. The second-order valence-electron chi connectivity index (χ2n) is 0.185. The summed E-state index contributed by atoms with van der Waals surface area (Å²) in [5.74, 6) is 0. The number of hydrogen-bond donors (Lipinski definition) is 0. The SMILES string of the molecule is O=COBr.[H-].[Na+]. The second-order valence-corrected chi connectivity index (χ2v) is 0.559. The Bertz CT molecular complexity index is 27.5. The molecule has 0 N–H and O–H groups in total. The fourth-order valence-corrected chi connectivity index (χ4v) is 0. The van der Waals surface area contributed by atoms with Crippen LogP contribution in [0.15, 0.2) is 0 Å². The number of carbonyl (C=O) groups excluding carboxylic acids is 1. The van der Waals surface area contributed by atoms with Crippen LogP contribution < -0.4 is 29.6 Å². The van der Waals surface area contributed by atoms with Gasteiger partial charge in [0.05, 0.1) is 0 Å². The predicted octanol–water partition coefficient (Wildman–Crippen LogP) is -2.41. The molecule has 0 rings (SSSR count). The first kappa shape index (κ1) is 9.34. The third-order valence-corrected chi connectivity index (χ3v) is 0.189. The van der Waals surface area contributed by atoms with Crippen LogP contribution in [-0.2, 0) is 8.62 Å². The van der Waals surface area contributed by atoms with Crippen LogP contribution in [0.2, 0.25) is 0 Å². The molecule has 2 nitrogen and oxygen atoms in total. The van der Waals surface area contributed by atoms with Gasteiger partial charge in [0.25, 0.3) is 0 Å². The van der Waals surface area contributed by atoms with Crippen molar-refractivity contribution < 1.29 is 39.6 Å². The van der Waals surface area contributed by atoms with Crippen LogP contribution in [0.5, 0.6) is 0 Å². The van der Waals surface area contributed by atoms with Crippen molar-refractivity contribution in [3.05, 3.63) is 0 Å². The number of rotatable bonds is 1. The molecular weight excluding hydrogens is 147 g/mol. The average molecular weight is 149 g/mol. The maximum atomic E-state index is 8.90. The molecule has 4 heteroatoms. The zero-order valence-electron chi connectivity index (χ0n) is 3.77. The fraction of sp³-hybridized carbons (Fsp3) is 0. The quantitative estimate of drug-likeness (QED) is 0.306. The molecule has 0 saturated heterocycles. The van der Waals surface area contributed by atoms with Crippen molar-refractivity contribution in [2.75, 3.05) is 0 Å². The first-order chi connectivity index (χ1) is 1.91. The van der Waals surface area contributed by atoms with Gasteiger partial charge in [-0.25, -0.2) is 0 Å². The Morgan fingerprint density at radius 3 is 2.20 bits per heavy atom. The predicted molar refractivity (Wildman–Crippen MR) is 17.2 cm³/mol. The van der Waals surface area contributed by atoms with Crippen LogP contribution in [-0.4, -0.2) is 6.47 Å². The Hall–Kier alpha value is 0.950. The minimum Gasteiger partial charge on any atom is -1.00 e. The van der Waals surface area contributed by atoms with Crippen LogP contribution in [0.3, 0.4) is 0 Å². The van der Waals surface area contributed by atoms with Crippen molar-refractivity contribution in [2.24, 2.45) is 0 Å². The van der Waals surface area contributed by atoms with E-state index in [1.165, 1.54) is 0 Å². The summed E-state index contributed by atoms with van der Waals surface area (Å²) in [6, 6.07) is 0. The molecule has 0 aliphatic carbocycles. The smallest absolute Gasteiger partial charge is 1.00 e. The zero-order chi connectivity index (χ0) is 3.41.